The smallest absolute Gasteiger partial charge is 0.163 e. The molecule has 0 radical (unpaired) electrons. The van der Waals surface area contributed by atoms with Crippen molar-refractivity contribution >= 4 is 0 Å². The van der Waals surface area contributed by atoms with Crippen LogP contribution in [0.1, 0.15) is 22.4 Å². The molecule has 0 unspecified atom stereocenters. The highest BCUT2D eigenvalue weighted by molar-refractivity contribution is 5.70. The van der Waals surface area contributed by atoms with Crippen molar-refractivity contribution in [3.63, 3.8) is 0 Å². The van der Waals surface area contributed by atoms with E-state index in [2.05, 4.69) is 24.2 Å². The monoisotopic (exact) mass is 255 g/mol. The van der Waals surface area contributed by atoms with E-state index in [1.807, 2.05) is 27.0 Å². The summed E-state index contributed by atoms with van der Waals surface area (Å²) < 4.78 is 7.17. The second kappa shape index (κ2) is 4.77. The van der Waals surface area contributed by atoms with Gasteiger partial charge in [-0.15, -0.1) is 0 Å². The molecule has 19 heavy (non-hydrogen) atoms. The maximum Gasteiger partial charge on any atom is 0.163 e. The van der Waals surface area contributed by atoms with E-state index in [-0.39, 0.29) is 0 Å². The number of hydrogen-bond acceptors (Lipinski definition) is 3. The lowest BCUT2D eigenvalue weighted by atomic mass is 9.96. The topological polar surface area (TPSA) is 50.8 Å². The molecule has 0 aliphatic heterocycles. The maximum absolute atomic E-state index is 8.94. The van der Waals surface area contributed by atoms with Crippen molar-refractivity contribution in [3.8, 4) is 23.1 Å². The zero-order chi connectivity index (χ0) is 14.2. The lowest BCUT2D eigenvalue weighted by Crippen LogP contribution is -2.00. The molecular weight excluding hydrogens is 238 g/mol. The molecule has 2 aromatic rings. The number of nitrogens with zero attached hydrogens (tertiary/aromatic N) is 3. The number of methoxy groups -OCH3 is 1. The summed E-state index contributed by atoms with van der Waals surface area (Å²) in [5.41, 5.74) is 5.82. The Labute approximate surface area is 113 Å². The minimum atomic E-state index is 0.433. The zero-order valence-electron chi connectivity index (χ0n) is 11.9. The molecule has 2 rings (SSSR count). The van der Waals surface area contributed by atoms with Gasteiger partial charge in [-0.2, -0.15) is 10.4 Å². The molecule has 0 aliphatic carbocycles. The van der Waals surface area contributed by atoms with E-state index < -0.39 is 0 Å². The van der Waals surface area contributed by atoms with Gasteiger partial charge in [0.25, 0.3) is 0 Å². The van der Waals surface area contributed by atoms with Crippen LogP contribution < -0.4 is 4.74 Å². The van der Waals surface area contributed by atoms with Crippen LogP contribution in [0, 0.1) is 32.1 Å². The van der Waals surface area contributed by atoms with Crippen LogP contribution in [-0.4, -0.2) is 16.9 Å². The predicted molar refractivity (Wildman–Crippen MR) is 74.1 cm³/mol. The van der Waals surface area contributed by atoms with E-state index in [1.165, 1.54) is 0 Å². The Kier molecular flexibility index (Phi) is 3.30. The number of benzene rings is 1. The molecular formula is C15H17N3O. The maximum atomic E-state index is 8.94. The molecule has 0 saturated heterocycles. The van der Waals surface area contributed by atoms with Crippen LogP contribution in [0.2, 0.25) is 0 Å². The molecule has 0 saturated carbocycles. The number of nitriles is 1. The summed E-state index contributed by atoms with van der Waals surface area (Å²) in [6, 6.07) is 5.97. The average Bonchev–Trinajstić information content (AvgIpc) is 2.76. The molecule has 0 fully saturated rings. The van der Waals surface area contributed by atoms with Gasteiger partial charge < -0.3 is 4.74 Å². The largest absolute Gasteiger partial charge is 0.496 e. The van der Waals surface area contributed by atoms with Gasteiger partial charge in [-0.05, 0) is 43.5 Å². The number of ether oxygens (including phenoxy) is 1. The van der Waals surface area contributed by atoms with Gasteiger partial charge in [0, 0.05) is 18.7 Å². The second-order valence-corrected chi connectivity index (χ2v) is 4.67. The molecule has 0 amide bonds. The lowest BCUT2D eigenvalue weighted by Gasteiger charge is -2.15. The number of aromatic nitrogens is 2. The van der Waals surface area contributed by atoms with Gasteiger partial charge in [-0.3, -0.25) is 4.68 Å². The highest BCUT2D eigenvalue weighted by Gasteiger charge is 2.15. The predicted octanol–water partition coefficient (Wildman–Crippen LogP) is 2.89. The molecule has 1 aromatic heterocycles. The van der Waals surface area contributed by atoms with Gasteiger partial charge in [-0.25, -0.2) is 0 Å². The SMILES string of the molecule is COc1c(C)cc(-c2cc(C#N)nn2C)c(C)c1C. The fraction of sp³-hybridized carbons (Fsp3) is 0.333. The standard InChI is InChI=1S/C15H17N3O/c1-9-6-13(10(2)11(3)15(9)19-5)14-7-12(8-16)17-18(14)4/h6-7H,1-5H3. The molecule has 0 spiro atoms. The van der Waals surface area contributed by atoms with Crippen molar-refractivity contribution in [2.24, 2.45) is 7.05 Å². The minimum absolute atomic E-state index is 0.433. The van der Waals surface area contributed by atoms with Crippen LogP contribution in [0.5, 0.6) is 5.75 Å². The van der Waals surface area contributed by atoms with E-state index in [0.29, 0.717) is 5.69 Å². The Morgan fingerprint density at radius 3 is 2.42 bits per heavy atom. The van der Waals surface area contributed by atoms with Crippen molar-refractivity contribution in [1.29, 1.82) is 5.26 Å². The average molecular weight is 255 g/mol. The highest BCUT2D eigenvalue weighted by Crippen LogP contribution is 2.34. The molecule has 98 valence electrons. The minimum Gasteiger partial charge on any atom is -0.496 e. The third-order valence-electron chi connectivity index (χ3n) is 3.50. The fourth-order valence-corrected chi connectivity index (χ4v) is 2.41. The van der Waals surface area contributed by atoms with Crippen LogP contribution in [0.4, 0.5) is 0 Å². The lowest BCUT2D eigenvalue weighted by molar-refractivity contribution is 0.408. The summed E-state index contributed by atoms with van der Waals surface area (Å²) in [6.07, 6.45) is 0. The first-order valence-electron chi connectivity index (χ1n) is 6.09. The van der Waals surface area contributed by atoms with Crippen LogP contribution in [0.15, 0.2) is 12.1 Å². The van der Waals surface area contributed by atoms with Crippen LogP contribution in [0.3, 0.4) is 0 Å². The highest BCUT2D eigenvalue weighted by atomic mass is 16.5. The van der Waals surface area contributed by atoms with Crippen molar-refractivity contribution in [2.45, 2.75) is 20.8 Å². The summed E-state index contributed by atoms with van der Waals surface area (Å²) >= 11 is 0. The second-order valence-electron chi connectivity index (χ2n) is 4.67. The van der Waals surface area contributed by atoms with Crippen molar-refractivity contribution in [2.75, 3.05) is 7.11 Å². The van der Waals surface area contributed by atoms with Gasteiger partial charge in [0.1, 0.15) is 11.8 Å². The van der Waals surface area contributed by atoms with Gasteiger partial charge in [0.05, 0.1) is 12.8 Å². The summed E-state index contributed by atoms with van der Waals surface area (Å²) in [6.45, 7) is 6.13. The zero-order valence-corrected chi connectivity index (χ0v) is 11.9. The number of aryl methyl sites for hydroxylation is 2. The third kappa shape index (κ3) is 2.08. The normalized spacial score (nSPS) is 10.3. The van der Waals surface area contributed by atoms with Crippen molar-refractivity contribution in [3.05, 3.63) is 34.5 Å². The first-order chi connectivity index (χ1) is 8.99. The molecule has 0 atom stereocenters. The van der Waals surface area contributed by atoms with Crippen LogP contribution >= 0.6 is 0 Å². The Bertz CT molecular complexity index is 678. The molecule has 1 heterocycles. The first kappa shape index (κ1) is 13.2. The Balaban J connectivity index is 2.70. The molecule has 1 aromatic carbocycles. The Hall–Kier alpha value is -2.28. The third-order valence-corrected chi connectivity index (χ3v) is 3.50. The van der Waals surface area contributed by atoms with Gasteiger partial charge >= 0.3 is 0 Å². The quantitative estimate of drug-likeness (QED) is 0.829. The van der Waals surface area contributed by atoms with E-state index in [4.69, 9.17) is 10.00 Å². The van der Waals surface area contributed by atoms with Crippen molar-refractivity contribution in [1.82, 2.24) is 9.78 Å². The van der Waals surface area contributed by atoms with Crippen molar-refractivity contribution < 1.29 is 4.74 Å². The summed E-state index contributed by atoms with van der Waals surface area (Å²) in [5.74, 6) is 0.920. The fourth-order valence-electron chi connectivity index (χ4n) is 2.41. The molecule has 0 N–H and O–H groups in total. The molecule has 4 heteroatoms. The van der Waals surface area contributed by atoms with Gasteiger partial charge in [0.15, 0.2) is 5.69 Å². The van der Waals surface area contributed by atoms with Crippen LogP contribution in [0.25, 0.3) is 11.3 Å². The summed E-state index contributed by atoms with van der Waals surface area (Å²) in [4.78, 5) is 0. The van der Waals surface area contributed by atoms with E-state index in [1.54, 1.807) is 11.8 Å². The van der Waals surface area contributed by atoms with E-state index in [9.17, 15) is 0 Å². The summed E-state index contributed by atoms with van der Waals surface area (Å²) in [5, 5.41) is 13.1. The van der Waals surface area contributed by atoms with Gasteiger partial charge in [-0.1, -0.05) is 0 Å². The Morgan fingerprint density at radius 2 is 1.89 bits per heavy atom. The Morgan fingerprint density at radius 1 is 1.21 bits per heavy atom. The van der Waals surface area contributed by atoms with E-state index >= 15 is 0 Å². The number of rotatable bonds is 2. The van der Waals surface area contributed by atoms with Gasteiger partial charge in [0.2, 0.25) is 0 Å². The number of hydrogen-bond donors (Lipinski definition) is 0. The summed E-state index contributed by atoms with van der Waals surface area (Å²) in [7, 11) is 3.54. The van der Waals surface area contributed by atoms with Crippen LogP contribution in [-0.2, 0) is 7.05 Å². The first-order valence-corrected chi connectivity index (χ1v) is 6.09. The molecule has 0 bridgehead atoms. The molecule has 0 aliphatic rings. The molecule has 4 nitrogen and oxygen atoms in total. The van der Waals surface area contributed by atoms with E-state index in [0.717, 1.165) is 33.7 Å².